The second-order valence-corrected chi connectivity index (χ2v) is 3.57. The second kappa shape index (κ2) is 4.12. The van der Waals surface area contributed by atoms with Gasteiger partial charge in [-0.1, -0.05) is 13.8 Å². The first kappa shape index (κ1) is 9.84. The third-order valence-electron chi connectivity index (χ3n) is 1.74. The van der Waals surface area contributed by atoms with Gasteiger partial charge in [0.05, 0.1) is 0 Å². The molecule has 1 aromatic rings. The van der Waals surface area contributed by atoms with Crippen LogP contribution in [-0.2, 0) is 0 Å². The van der Waals surface area contributed by atoms with E-state index in [0.717, 1.165) is 12.4 Å². The van der Waals surface area contributed by atoms with Crippen LogP contribution >= 0.6 is 0 Å². The van der Waals surface area contributed by atoms with Gasteiger partial charge in [-0.25, -0.2) is 0 Å². The number of hydrogen-bond acceptors (Lipinski definition) is 3. The third kappa shape index (κ3) is 2.61. The number of hydrogen-bond donors (Lipinski definition) is 0. The molecular weight excluding hydrogens is 166 g/mol. The van der Waals surface area contributed by atoms with Crippen LogP contribution < -0.4 is 4.90 Å². The van der Waals surface area contributed by atoms with Crippen molar-refractivity contribution in [3.63, 3.8) is 0 Å². The van der Waals surface area contributed by atoms with Gasteiger partial charge >= 0.3 is 0 Å². The molecule has 0 aliphatic carbocycles. The maximum atomic E-state index is 10.4. The van der Waals surface area contributed by atoms with Gasteiger partial charge in [0, 0.05) is 19.7 Å². The summed E-state index contributed by atoms with van der Waals surface area (Å²) in [5.74, 6) is 1.70. The van der Waals surface area contributed by atoms with Crippen molar-refractivity contribution in [3.05, 3.63) is 17.9 Å². The summed E-state index contributed by atoms with van der Waals surface area (Å²) in [7, 11) is 1.95. The van der Waals surface area contributed by atoms with Gasteiger partial charge < -0.3 is 9.32 Å². The van der Waals surface area contributed by atoms with Gasteiger partial charge in [0.2, 0.25) is 0 Å². The Morgan fingerprint density at radius 2 is 2.23 bits per heavy atom. The standard InChI is InChI=1S/C10H15NO2/c1-8(2)6-11(3)10-5-4-9(7-12)13-10/h4-5,7-8H,6H2,1-3H3. The van der Waals surface area contributed by atoms with Gasteiger partial charge in [0.15, 0.2) is 17.9 Å². The molecule has 0 N–H and O–H groups in total. The summed E-state index contributed by atoms with van der Waals surface area (Å²) < 4.78 is 5.25. The van der Waals surface area contributed by atoms with E-state index in [1.165, 1.54) is 0 Å². The maximum Gasteiger partial charge on any atom is 0.196 e. The van der Waals surface area contributed by atoms with Crippen molar-refractivity contribution in [2.75, 3.05) is 18.5 Å². The highest BCUT2D eigenvalue weighted by Crippen LogP contribution is 2.16. The first-order valence-electron chi connectivity index (χ1n) is 4.39. The molecule has 0 fully saturated rings. The summed E-state index contributed by atoms with van der Waals surface area (Å²) >= 11 is 0. The number of carbonyl (C=O) groups excluding carboxylic acids is 1. The van der Waals surface area contributed by atoms with Gasteiger partial charge in [0.1, 0.15) is 0 Å². The van der Waals surface area contributed by atoms with Gasteiger partial charge in [-0.05, 0) is 12.0 Å². The van der Waals surface area contributed by atoms with Crippen LogP contribution in [0.4, 0.5) is 5.88 Å². The zero-order valence-corrected chi connectivity index (χ0v) is 8.28. The molecule has 3 nitrogen and oxygen atoms in total. The minimum atomic E-state index is 0.380. The molecule has 0 amide bonds. The van der Waals surface area contributed by atoms with E-state index in [2.05, 4.69) is 13.8 Å². The summed E-state index contributed by atoms with van der Waals surface area (Å²) in [4.78, 5) is 12.4. The Bertz CT molecular complexity index is 278. The lowest BCUT2D eigenvalue weighted by molar-refractivity contribution is 0.110. The summed E-state index contributed by atoms with van der Waals surface area (Å²) in [6, 6.07) is 3.49. The molecule has 1 rings (SSSR count). The van der Waals surface area contributed by atoms with Crippen molar-refractivity contribution in [1.29, 1.82) is 0 Å². The monoisotopic (exact) mass is 181 g/mol. The van der Waals surface area contributed by atoms with Gasteiger partial charge in [0.25, 0.3) is 0 Å². The highest BCUT2D eigenvalue weighted by Gasteiger charge is 2.07. The van der Waals surface area contributed by atoms with Gasteiger partial charge in [-0.2, -0.15) is 0 Å². The lowest BCUT2D eigenvalue weighted by atomic mass is 10.2. The molecule has 0 atom stereocenters. The normalized spacial score (nSPS) is 10.5. The fourth-order valence-corrected chi connectivity index (χ4v) is 1.25. The van der Waals surface area contributed by atoms with Crippen LogP contribution in [0.2, 0.25) is 0 Å². The molecule has 13 heavy (non-hydrogen) atoms. The average molecular weight is 181 g/mol. The molecule has 3 heteroatoms. The number of rotatable bonds is 4. The molecule has 0 bridgehead atoms. The Labute approximate surface area is 78.3 Å². The van der Waals surface area contributed by atoms with Crippen LogP contribution in [0.15, 0.2) is 16.5 Å². The van der Waals surface area contributed by atoms with Crippen LogP contribution in [0.3, 0.4) is 0 Å². The smallest absolute Gasteiger partial charge is 0.196 e. The van der Waals surface area contributed by atoms with Crippen LogP contribution in [0, 0.1) is 5.92 Å². The zero-order valence-electron chi connectivity index (χ0n) is 8.28. The molecule has 1 heterocycles. The van der Waals surface area contributed by atoms with E-state index in [0.29, 0.717) is 18.0 Å². The van der Waals surface area contributed by atoms with Gasteiger partial charge in [-0.3, -0.25) is 4.79 Å². The third-order valence-corrected chi connectivity index (χ3v) is 1.74. The van der Waals surface area contributed by atoms with Crippen molar-refractivity contribution in [2.45, 2.75) is 13.8 Å². The molecule has 0 aliphatic heterocycles. The lowest BCUT2D eigenvalue weighted by Gasteiger charge is -2.17. The predicted octanol–water partition coefficient (Wildman–Crippen LogP) is 2.18. The number of anilines is 1. The van der Waals surface area contributed by atoms with Gasteiger partial charge in [-0.15, -0.1) is 0 Å². The first-order valence-corrected chi connectivity index (χ1v) is 4.39. The van der Waals surface area contributed by atoms with E-state index in [9.17, 15) is 4.79 Å². The number of aldehydes is 1. The first-order chi connectivity index (χ1) is 6.13. The second-order valence-electron chi connectivity index (χ2n) is 3.57. The molecule has 0 saturated heterocycles. The molecule has 0 aliphatic rings. The Morgan fingerprint density at radius 3 is 2.69 bits per heavy atom. The largest absolute Gasteiger partial charge is 0.438 e. The fraction of sp³-hybridized carbons (Fsp3) is 0.500. The van der Waals surface area contributed by atoms with Crippen LogP contribution in [-0.4, -0.2) is 19.9 Å². The van der Waals surface area contributed by atoms with Crippen LogP contribution in [0.5, 0.6) is 0 Å². The molecule has 1 aromatic heterocycles. The van der Waals surface area contributed by atoms with Crippen molar-refractivity contribution < 1.29 is 9.21 Å². The van der Waals surface area contributed by atoms with E-state index < -0.39 is 0 Å². The molecule has 0 radical (unpaired) electrons. The van der Waals surface area contributed by atoms with E-state index in [4.69, 9.17) is 4.42 Å². The quantitative estimate of drug-likeness (QED) is 0.667. The van der Waals surface area contributed by atoms with E-state index in [1.54, 1.807) is 6.07 Å². The Morgan fingerprint density at radius 1 is 1.54 bits per heavy atom. The average Bonchev–Trinajstić information content (AvgIpc) is 2.50. The molecule has 0 unspecified atom stereocenters. The molecular formula is C10H15NO2. The van der Waals surface area contributed by atoms with Crippen LogP contribution in [0.1, 0.15) is 24.4 Å². The molecule has 72 valence electrons. The highest BCUT2D eigenvalue weighted by atomic mass is 16.4. The Kier molecular flexibility index (Phi) is 3.12. The summed E-state index contributed by atoms with van der Waals surface area (Å²) in [5.41, 5.74) is 0. The zero-order chi connectivity index (χ0) is 9.84. The molecule has 0 saturated carbocycles. The number of nitrogens with zero attached hydrogens (tertiary/aromatic N) is 1. The minimum absolute atomic E-state index is 0.380. The SMILES string of the molecule is CC(C)CN(C)c1ccc(C=O)o1. The highest BCUT2D eigenvalue weighted by molar-refractivity contribution is 5.71. The van der Waals surface area contributed by atoms with E-state index in [1.807, 2.05) is 18.0 Å². The topological polar surface area (TPSA) is 33.5 Å². The van der Waals surface area contributed by atoms with Crippen molar-refractivity contribution in [1.82, 2.24) is 0 Å². The van der Waals surface area contributed by atoms with Crippen molar-refractivity contribution in [3.8, 4) is 0 Å². The summed E-state index contributed by atoms with van der Waals surface area (Å²) in [6.45, 7) is 5.20. The minimum Gasteiger partial charge on any atom is -0.438 e. The molecule has 0 spiro atoms. The van der Waals surface area contributed by atoms with E-state index >= 15 is 0 Å². The van der Waals surface area contributed by atoms with Crippen molar-refractivity contribution >= 4 is 12.2 Å². The van der Waals surface area contributed by atoms with Crippen LogP contribution in [0.25, 0.3) is 0 Å². The van der Waals surface area contributed by atoms with Crippen molar-refractivity contribution in [2.24, 2.45) is 5.92 Å². The Hall–Kier alpha value is -1.25. The lowest BCUT2D eigenvalue weighted by Crippen LogP contribution is -2.21. The number of furan rings is 1. The summed E-state index contributed by atoms with van der Waals surface area (Å²) in [5, 5.41) is 0. The summed E-state index contributed by atoms with van der Waals surface area (Å²) in [6.07, 6.45) is 0.715. The molecule has 0 aromatic carbocycles. The maximum absolute atomic E-state index is 10.4. The predicted molar refractivity (Wildman–Crippen MR) is 52.2 cm³/mol. The Balaban J connectivity index is 2.65. The number of carbonyl (C=O) groups is 1. The fourth-order valence-electron chi connectivity index (χ4n) is 1.25. The van der Waals surface area contributed by atoms with E-state index in [-0.39, 0.29) is 0 Å².